The first kappa shape index (κ1) is 13.0. The molecule has 1 aromatic carbocycles. The second kappa shape index (κ2) is 5.96. The van der Waals surface area contributed by atoms with Crippen LogP contribution in [0.3, 0.4) is 0 Å². The lowest BCUT2D eigenvalue weighted by atomic mass is 10.1. The zero-order valence-electron chi connectivity index (χ0n) is 11.5. The van der Waals surface area contributed by atoms with E-state index in [2.05, 4.69) is 10.3 Å². The van der Waals surface area contributed by atoms with Gasteiger partial charge in [0.1, 0.15) is 5.82 Å². The first-order valence-corrected chi connectivity index (χ1v) is 6.79. The minimum Gasteiger partial charge on any atom is -0.454 e. The zero-order valence-corrected chi connectivity index (χ0v) is 11.5. The SMILES string of the molecule is COCCCCNc1nccc2cc3c(cc12)OCO3. The maximum Gasteiger partial charge on any atom is 0.231 e. The smallest absolute Gasteiger partial charge is 0.231 e. The van der Waals surface area contributed by atoms with Gasteiger partial charge < -0.3 is 19.5 Å². The minimum absolute atomic E-state index is 0.291. The Morgan fingerprint density at radius 1 is 1.25 bits per heavy atom. The van der Waals surface area contributed by atoms with Gasteiger partial charge in [0.05, 0.1) is 0 Å². The van der Waals surface area contributed by atoms with E-state index in [1.807, 2.05) is 24.4 Å². The number of methoxy groups -OCH3 is 1. The molecule has 1 N–H and O–H groups in total. The summed E-state index contributed by atoms with van der Waals surface area (Å²) in [6.45, 7) is 1.96. The van der Waals surface area contributed by atoms with Crippen molar-refractivity contribution in [1.29, 1.82) is 0 Å². The standard InChI is InChI=1S/C15H18N2O3/c1-18-7-3-2-5-16-15-12-9-14-13(19-10-20-14)8-11(12)4-6-17-15/h4,6,8-9H,2-3,5,7,10H2,1H3,(H,16,17). The van der Waals surface area contributed by atoms with E-state index in [-0.39, 0.29) is 0 Å². The molecule has 1 aliphatic heterocycles. The molecule has 1 aromatic heterocycles. The Hall–Kier alpha value is -2.01. The van der Waals surface area contributed by atoms with Crippen LogP contribution in [0.2, 0.25) is 0 Å². The lowest BCUT2D eigenvalue weighted by Crippen LogP contribution is -2.04. The summed E-state index contributed by atoms with van der Waals surface area (Å²) in [5.74, 6) is 2.47. The number of nitrogens with zero attached hydrogens (tertiary/aromatic N) is 1. The molecule has 0 atom stereocenters. The number of nitrogens with one attached hydrogen (secondary N) is 1. The Labute approximate surface area is 117 Å². The van der Waals surface area contributed by atoms with Crippen molar-refractivity contribution in [3.05, 3.63) is 24.4 Å². The van der Waals surface area contributed by atoms with E-state index in [1.54, 1.807) is 7.11 Å². The Kier molecular flexibility index (Phi) is 3.87. The number of hydrogen-bond donors (Lipinski definition) is 1. The van der Waals surface area contributed by atoms with Gasteiger partial charge in [-0.05, 0) is 36.4 Å². The van der Waals surface area contributed by atoms with Gasteiger partial charge in [0.15, 0.2) is 11.5 Å². The highest BCUT2D eigenvalue weighted by molar-refractivity contribution is 5.94. The quantitative estimate of drug-likeness (QED) is 0.821. The zero-order chi connectivity index (χ0) is 13.8. The van der Waals surface area contributed by atoms with Gasteiger partial charge >= 0.3 is 0 Å². The molecule has 2 heterocycles. The van der Waals surface area contributed by atoms with Crippen LogP contribution >= 0.6 is 0 Å². The second-order valence-electron chi connectivity index (χ2n) is 4.71. The first-order valence-electron chi connectivity index (χ1n) is 6.79. The van der Waals surface area contributed by atoms with Crippen molar-refractivity contribution in [1.82, 2.24) is 4.98 Å². The van der Waals surface area contributed by atoms with E-state index in [1.165, 1.54) is 0 Å². The van der Waals surface area contributed by atoms with Crippen LogP contribution in [0.25, 0.3) is 10.8 Å². The Bertz CT molecular complexity index is 601. The number of aromatic nitrogens is 1. The molecule has 0 saturated carbocycles. The number of ether oxygens (including phenoxy) is 3. The van der Waals surface area contributed by atoms with Crippen LogP contribution in [0.1, 0.15) is 12.8 Å². The van der Waals surface area contributed by atoms with Crippen molar-refractivity contribution in [2.45, 2.75) is 12.8 Å². The maximum absolute atomic E-state index is 5.42. The number of benzene rings is 1. The van der Waals surface area contributed by atoms with Crippen molar-refractivity contribution in [3.63, 3.8) is 0 Å². The van der Waals surface area contributed by atoms with E-state index >= 15 is 0 Å². The van der Waals surface area contributed by atoms with Crippen LogP contribution in [-0.4, -0.2) is 32.0 Å². The highest BCUT2D eigenvalue weighted by Gasteiger charge is 2.15. The lowest BCUT2D eigenvalue weighted by Gasteiger charge is -2.09. The summed E-state index contributed by atoms with van der Waals surface area (Å²) < 4.78 is 15.9. The molecule has 5 heteroatoms. The van der Waals surface area contributed by atoms with E-state index < -0.39 is 0 Å². The summed E-state index contributed by atoms with van der Waals surface area (Å²) in [6.07, 6.45) is 3.90. The molecule has 0 fully saturated rings. The largest absolute Gasteiger partial charge is 0.454 e. The summed E-state index contributed by atoms with van der Waals surface area (Å²) in [5.41, 5.74) is 0. The molecule has 3 rings (SSSR count). The fourth-order valence-corrected chi connectivity index (χ4v) is 2.28. The summed E-state index contributed by atoms with van der Waals surface area (Å²) >= 11 is 0. The fraction of sp³-hybridized carbons (Fsp3) is 0.400. The van der Waals surface area contributed by atoms with Crippen LogP contribution in [0.5, 0.6) is 11.5 Å². The monoisotopic (exact) mass is 274 g/mol. The fourth-order valence-electron chi connectivity index (χ4n) is 2.28. The average Bonchev–Trinajstić information content (AvgIpc) is 2.92. The molecule has 0 saturated heterocycles. The lowest BCUT2D eigenvalue weighted by molar-refractivity contribution is 0.174. The third-order valence-electron chi connectivity index (χ3n) is 3.33. The van der Waals surface area contributed by atoms with Gasteiger partial charge in [-0.15, -0.1) is 0 Å². The molecule has 0 spiro atoms. The first-order chi connectivity index (χ1) is 9.88. The highest BCUT2D eigenvalue weighted by atomic mass is 16.7. The maximum atomic E-state index is 5.42. The van der Waals surface area contributed by atoms with Crippen molar-refractivity contribution >= 4 is 16.6 Å². The Morgan fingerprint density at radius 3 is 2.95 bits per heavy atom. The number of rotatable bonds is 6. The van der Waals surface area contributed by atoms with Gasteiger partial charge in [-0.3, -0.25) is 0 Å². The Balaban J connectivity index is 1.77. The summed E-state index contributed by atoms with van der Waals surface area (Å²) in [5, 5.41) is 5.53. The van der Waals surface area contributed by atoms with Crippen molar-refractivity contribution in [3.8, 4) is 11.5 Å². The number of anilines is 1. The summed E-state index contributed by atoms with van der Waals surface area (Å²) in [7, 11) is 1.72. The highest BCUT2D eigenvalue weighted by Crippen LogP contribution is 2.37. The molecule has 0 bridgehead atoms. The van der Waals surface area contributed by atoms with E-state index in [4.69, 9.17) is 14.2 Å². The predicted octanol–water partition coefficient (Wildman–Crippen LogP) is 2.80. The molecule has 20 heavy (non-hydrogen) atoms. The molecule has 2 aromatic rings. The predicted molar refractivity (Wildman–Crippen MR) is 77.5 cm³/mol. The minimum atomic E-state index is 0.291. The van der Waals surface area contributed by atoms with Gasteiger partial charge in [-0.1, -0.05) is 0 Å². The molecule has 0 radical (unpaired) electrons. The number of fused-ring (bicyclic) bond motifs is 2. The van der Waals surface area contributed by atoms with Crippen molar-refractivity contribution < 1.29 is 14.2 Å². The van der Waals surface area contributed by atoms with E-state index in [0.717, 1.165) is 54.1 Å². The van der Waals surface area contributed by atoms with E-state index in [0.29, 0.717) is 6.79 Å². The number of pyridine rings is 1. The third kappa shape index (κ3) is 2.63. The van der Waals surface area contributed by atoms with E-state index in [9.17, 15) is 0 Å². The summed E-state index contributed by atoms with van der Waals surface area (Å²) in [6, 6.07) is 5.96. The average molecular weight is 274 g/mol. The van der Waals surface area contributed by atoms with Gasteiger partial charge in [0.25, 0.3) is 0 Å². The van der Waals surface area contributed by atoms with Crippen molar-refractivity contribution in [2.75, 3.05) is 32.4 Å². The molecular formula is C15H18N2O3. The molecule has 0 amide bonds. The topological polar surface area (TPSA) is 52.6 Å². The van der Waals surface area contributed by atoms with Crippen molar-refractivity contribution in [2.24, 2.45) is 0 Å². The molecule has 5 nitrogen and oxygen atoms in total. The third-order valence-corrected chi connectivity index (χ3v) is 3.33. The van der Waals surface area contributed by atoms with Gasteiger partial charge in [-0.25, -0.2) is 4.98 Å². The number of unbranched alkanes of at least 4 members (excludes halogenated alkanes) is 1. The second-order valence-corrected chi connectivity index (χ2v) is 4.71. The number of hydrogen-bond acceptors (Lipinski definition) is 5. The Morgan fingerprint density at radius 2 is 2.10 bits per heavy atom. The van der Waals surface area contributed by atoms with Gasteiger partial charge in [-0.2, -0.15) is 0 Å². The van der Waals surface area contributed by atoms with Crippen LogP contribution in [0.4, 0.5) is 5.82 Å². The van der Waals surface area contributed by atoms with Crippen LogP contribution in [0.15, 0.2) is 24.4 Å². The van der Waals surface area contributed by atoms with Gasteiger partial charge in [0.2, 0.25) is 6.79 Å². The molecule has 0 unspecified atom stereocenters. The van der Waals surface area contributed by atoms with Crippen LogP contribution in [-0.2, 0) is 4.74 Å². The molecular weight excluding hydrogens is 256 g/mol. The van der Waals surface area contributed by atoms with Crippen LogP contribution < -0.4 is 14.8 Å². The van der Waals surface area contributed by atoms with Gasteiger partial charge in [0, 0.05) is 31.8 Å². The molecule has 106 valence electrons. The van der Waals surface area contributed by atoms with Crippen LogP contribution in [0, 0.1) is 0 Å². The molecule has 1 aliphatic rings. The molecule has 0 aliphatic carbocycles. The summed E-state index contributed by atoms with van der Waals surface area (Å²) in [4.78, 5) is 4.41. The normalized spacial score (nSPS) is 12.8.